The molecule has 0 radical (unpaired) electrons. The highest BCUT2D eigenvalue weighted by Gasteiger charge is 2.24. The first kappa shape index (κ1) is 15.6. The Balaban J connectivity index is 1.45. The smallest absolute Gasteiger partial charge is 0.230 e. The Kier molecular flexibility index (Phi) is 4.98. The van der Waals surface area contributed by atoms with E-state index in [-0.39, 0.29) is 23.5 Å². The third kappa shape index (κ3) is 3.93. The number of fused-ring (bicyclic) bond motifs is 1. The SMILES string of the molecule is O=C(CSCC(=O)c1ccccc1)NC1COc2ccccc21. The molecular weight excluding hydrogens is 310 g/mol. The van der Waals surface area contributed by atoms with Crippen molar-refractivity contribution in [1.82, 2.24) is 5.32 Å². The Labute approximate surface area is 139 Å². The molecule has 0 bridgehead atoms. The summed E-state index contributed by atoms with van der Waals surface area (Å²) in [6.07, 6.45) is 0. The Morgan fingerprint density at radius 2 is 1.78 bits per heavy atom. The number of benzene rings is 2. The van der Waals surface area contributed by atoms with Gasteiger partial charge in [-0.05, 0) is 6.07 Å². The molecule has 0 aliphatic carbocycles. The van der Waals surface area contributed by atoms with Crippen molar-refractivity contribution in [3.8, 4) is 5.75 Å². The van der Waals surface area contributed by atoms with Crippen molar-refractivity contribution < 1.29 is 14.3 Å². The van der Waals surface area contributed by atoms with Crippen LogP contribution in [-0.2, 0) is 4.79 Å². The summed E-state index contributed by atoms with van der Waals surface area (Å²) in [5.74, 6) is 1.34. The van der Waals surface area contributed by atoms with Crippen molar-refractivity contribution in [3.05, 3.63) is 65.7 Å². The van der Waals surface area contributed by atoms with Gasteiger partial charge in [-0.2, -0.15) is 0 Å². The van der Waals surface area contributed by atoms with Gasteiger partial charge in [0.25, 0.3) is 0 Å². The van der Waals surface area contributed by atoms with Crippen LogP contribution in [0, 0.1) is 0 Å². The van der Waals surface area contributed by atoms with E-state index in [1.807, 2.05) is 42.5 Å². The number of carbonyl (C=O) groups is 2. The molecule has 1 atom stereocenters. The Morgan fingerprint density at radius 1 is 1.04 bits per heavy atom. The molecule has 23 heavy (non-hydrogen) atoms. The highest BCUT2D eigenvalue weighted by molar-refractivity contribution is 8.00. The summed E-state index contributed by atoms with van der Waals surface area (Å²) in [5.41, 5.74) is 1.68. The number of thioether (sulfide) groups is 1. The molecule has 5 heteroatoms. The number of hydrogen-bond acceptors (Lipinski definition) is 4. The lowest BCUT2D eigenvalue weighted by Gasteiger charge is -2.11. The average molecular weight is 327 g/mol. The quantitative estimate of drug-likeness (QED) is 0.829. The normalized spacial score (nSPS) is 15.6. The fourth-order valence-electron chi connectivity index (χ4n) is 2.46. The number of nitrogens with one attached hydrogen (secondary N) is 1. The number of carbonyl (C=O) groups excluding carboxylic acids is 2. The maximum atomic E-state index is 12.0. The topological polar surface area (TPSA) is 55.4 Å². The Bertz CT molecular complexity index is 702. The first-order valence-electron chi connectivity index (χ1n) is 7.41. The van der Waals surface area contributed by atoms with E-state index in [2.05, 4.69) is 5.32 Å². The van der Waals surface area contributed by atoms with Gasteiger partial charge in [-0.15, -0.1) is 11.8 Å². The van der Waals surface area contributed by atoms with E-state index in [9.17, 15) is 9.59 Å². The Morgan fingerprint density at radius 3 is 2.61 bits per heavy atom. The standard InChI is InChI=1S/C18H17NO3S/c20-16(13-6-2-1-3-7-13)11-23-12-18(21)19-15-10-22-17-9-5-4-8-14(15)17/h1-9,15H,10-12H2,(H,19,21). The number of amides is 1. The van der Waals surface area contributed by atoms with Crippen LogP contribution >= 0.6 is 11.8 Å². The zero-order chi connectivity index (χ0) is 16.1. The predicted octanol–water partition coefficient (Wildman–Crippen LogP) is 2.85. The summed E-state index contributed by atoms with van der Waals surface area (Å²) < 4.78 is 5.54. The molecule has 1 amide bonds. The lowest BCUT2D eigenvalue weighted by Crippen LogP contribution is -2.31. The third-order valence-corrected chi connectivity index (χ3v) is 4.53. The van der Waals surface area contributed by atoms with Crippen LogP contribution in [-0.4, -0.2) is 29.8 Å². The summed E-state index contributed by atoms with van der Waals surface area (Å²) in [4.78, 5) is 24.0. The van der Waals surface area contributed by atoms with Crippen LogP contribution in [0.2, 0.25) is 0 Å². The summed E-state index contributed by atoms with van der Waals surface area (Å²) in [7, 11) is 0. The minimum Gasteiger partial charge on any atom is -0.491 e. The number of para-hydroxylation sites is 1. The second kappa shape index (κ2) is 7.33. The van der Waals surface area contributed by atoms with Gasteiger partial charge in [-0.3, -0.25) is 9.59 Å². The lowest BCUT2D eigenvalue weighted by molar-refractivity contribution is -0.119. The highest BCUT2D eigenvalue weighted by Crippen LogP contribution is 2.31. The molecular formula is C18H17NO3S. The summed E-state index contributed by atoms with van der Waals surface area (Å²) in [5, 5.41) is 2.95. The maximum Gasteiger partial charge on any atom is 0.230 e. The summed E-state index contributed by atoms with van der Waals surface area (Å²) in [6.45, 7) is 0.457. The van der Waals surface area contributed by atoms with Crippen molar-refractivity contribution >= 4 is 23.5 Å². The van der Waals surface area contributed by atoms with Gasteiger partial charge >= 0.3 is 0 Å². The fourth-order valence-corrected chi connectivity index (χ4v) is 3.18. The van der Waals surface area contributed by atoms with Crippen molar-refractivity contribution in [2.45, 2.75) is 6.04 Å². The van der Waals surface area contributed by atoms with Crippen molar-refractivity contribution in [3.63, 3.8) is 0 Å². The van der Waals surface area contributed by atoms with Crippen LogP contribution < -0.4 is 10.1 Å². The molecule has 1 heterocycles. The van der Waals surface area contributed by atoms with Crippen molar-refractivity contribution in [2.75, 3.05) is 18.1 Å². The fraction of sp³-hybridized carbons (Fsp3) is 0.222. The van der Waals surface area contributed by atoms with Gasteiger partial charge < -0.3 is 10.1 Å². The summed E-state index contributed by atoms with van der Waals surface area (Å²) in [6, 6.07) is 16.7. The van der Waals surface area contributed by atoms with Crippen LogP contribution in [0.4, 0.5) is 0 Å². The zero-order valence-electron chi connectivity index (χ0n) is 12.5. The second-order valence-corrected chi connectivity index (χ2v) is 6.24. The Hall–Kier alpha value is -2.27. The maximum absolute atomic E-state index is 12.0. The van der Waals surface area contributed by atoms with E-state index in [1.165, 1.54) is 11.8 Å². The first-order valence-corrected chi connectivity index (χ1v) is 8.56. The molecule has 4 nitrogen and oxygen atoms in total. The number of rotatable bonds is 6. The molecule has 0 saturated carbocycles. The molecule has 1 aliphatic heterocycles. The molecule has 2 aromatic carbocycles. The van der Waals surface area contributed by atoms with Crippen LogP contribution in [0.5, 0.6) is 5.75 Å². The van der Waals surface area contributed by atoms with E-state index >= 15 is 0 Å². The van der Waals surface area contributed by atoms with Crippen LogP contribution in [0.25, 0.3) is 0 Å². The minimum atomic E-state index is -0.107. The molecule has 0 fully saturated rings. The highest BCUT2D eigenvalue weighted by atomic mass is 32.2. The van der Waals surface area contributed by atoms with Gasteiger partial charge in [0.2, 0.25) is 5.91 Å². The monoisotopic (exact) mass is 327 g/mol. The molecule has 0 aromatic heterocycles. The molecule has 0 saturated heterocycles. The predicted molar refractivity (Wildman–Crippen MR) is 90.9 cm³/mol. The van der Waals surface area contributed by atoms with Crippen LogP contribution in [0.1, 0.15) is 22.0 Å². The second-order valence-electron chi connectivity index (χ2n) is 5.25. The van der Waals surface area contributed by atoms with Gasteiger partial charge in [-0.1, -0.05) is 48.5 Å². The van der Waals surface area contributed by atoms with Gasteiger partial charge in [0.1, 0.15) is 12.4 Å². The van der Waals surface area contributed by atoms with E-state index in [1.54, 1.807) is 12.1 Å². The molecule has 1 unspecified atom stereocenters. The van der Waals surface area contributed by atoms with Crippen molar-refractivity contribution in [2.24, 2.45) is 0 Å². The molecule has 118 valence electrons. The van der Waals surface area contributed by atoms with E-state index in [0.717, 1.165) is 11.3 Å². The molecule has 3 rings (SSSR count). The number of ether oxygens (including phenoxy) is 1. The average Bonchev–Trinajstić information content (AvgIpc) is 2.99. The largest absolute Gasteiger partial charge is 0.491 e. The van der Waals surface area contributed by atoms with Gasteiger partial charge in [0.05, 0.1) is 17.5 Å². The zero-order valence-corrected chi connectivity index (χ0v) is 13.3. The van der Waals surface area contributed by atoms with Gasteiger partial charge in [-0.25, -0.2) is 0 Å². The summed E-state index contributed by atoms with van der Waals surface area (Å²) >= 11 is 1.33. The van der Waals surface area contributed by atoms with Crippen LogP contribution in [0.15, 0.2) is 54.6 Å². The molecule has 2 aromatic rings. The molecule has 0 spiro atoms. The minimum absolute atomic E-state index is 0.0398. The van der Waals surface area contributed by atoms with Gasteiger partial charge in [0.15, 0.2) is 5.78 Å². The first-order chi connectivity index (χ1) is 11.2. The van der Waals surface area contributed by atoms with Crippen molar-refractivity contribution in [1.29, 1.82) is 0 Å². The van der Waals surface area contributed by atoms with Gasteiger partial charge in [0, 0.05) is 11.1 Å². The molecule has 1 N–H and O–H groups in total. The number of Topliss-reactive ketones (excluding diaryl/α,β-unsaturated/α-hetero) is 1. The lowest BCUT2D eigenvalue weighted by atomic mass is 10.1. The third-order valence-electron chi connectivity index (χ3n) is 3.60. The molecule has 1 aliphatic rings. The van der Waals surface area contributed by atoms with Crippen LogP contribution in [0.3, 0.4) is 0 Å². The van der Waals surface area contributed by atoms with E-state index in [0.29, 0.717) is 17.9 Å². The van der Waals surface area contributed by atoms with E-state index < -0.39 is 0 Å². The number of ketones is 1. The van der Waals surface area contributed by atoms with E-state index in [4.69, 9.17) is 4.74 Å². The number of hydrogen-bond donors (Lipinski definition) is 1.